The van der Waals surface area contributed by atoms with Gasteiger partial charge in [-0.05, 0) is 55.5 Å². The molecular weight excluding hydrogens is 374 g/mol. The van der Waals surface area contributed by atoms with Crippen LogP contribution in [0.15, 0.2) is 48.5 Å². The molecule has 0 saturated heterocycles. The summed E-state index contributed by atoms with van der Waals surface area (Å²) in [5, 5.41) is 5.12. The highest BCUT2D eigenvalue weighted by Gasteiger charge is 2.20. The van der Waals surface area contributed by atoms with Gasteiger partial charge in [0, 0.05) is 22.9 Å². The molecule has 0 fully saturated rings. The molecule has 2 aromatic carbocycles. The number of ether oxygens (including phenoxy) is 1. The monoisotopic (exact) mass is 397 g/mol. The summed E-state index contributed by atoms with van der Waals surface area (Å²) in [5.74, 6) is -1.32. The van der Waals surface area contributed by atoms with Crippen molar-refractivity contribution in [3.8, 4) is 0 Å². The molecule has 152 valence electrons. The van der Waals surface area contributed by atoms with Crippen molar-refractivity contribution in [3.63, 3.8) is 0 Å². The Kier molecular flexibility index (Phi) is 7.08. The molecule has 0 aliphatic rings. The maximum atomic E-state index is 12.5. The van der Waals surface area contributed by atoms with Gasteiger partial charge in [0.15, 0.2) is 6.10 Å². The number of carbonyl (C=O) groups excluding carboxylic acids is 4. The lowest BCUT2D eigenvalue weighted by molar-refractivity contribution is -0.118. The number of urea groups is 1. The molecule has 1 atom stereocenters. The number of hydrogen-bond donors (Lipinski definition) is 3. The van der Waals surface area contributed by atoms with E-state index in [9.17, 15) is 19.2 Å². The van der Waals surface area contributed by atoms with Gasteiger partial charge < -0.3 is 21.1 Å². The lowest BCUT2D eigenvalue weighted by atomic mass is 10.1. The molecule has 8 nitrogen and oxygen atoms in total. The summed E-state index contributed by atoms with van der Waals surface area (Å²) >= 11 is 0. The molecule has 0 saturated carbocycles. The number of rotatable bonds is 7. The Hall–Kier alpha value is -3.68. The molecule has 0 radical (unpaired) electrons. The third kappa shape index (κ3) is 6.17. The van der Waals surface area contributed by atoms with Crippen LogP contribution in [0.4, 0.5) is 16.2 Å². The van der Waals surface area contributed by atoms with E-state index in [0.29, 0.717) is 16.9 Å². The summed E-state index contributed by atoms with van der Waals surface area (Å²) in [7, 11) is 0. The predicted molar refractivity (Wildman–Crippen MR) is 109 cm³/mol. The normalized spacial score (nSPS) is 11.4. The summed E-state index contributed by atoms with van der Waals surface area (Å²) in [6.45, 7) is 5.05. The van der Waals surface area contributed by atoms with E-state index in [2.05, 4.69) is 10.6 Å². The Labute approximate surface area is 168 Å². The molecule has 1 unspecified atom stereocenters. The number of benzene rings is 2. The van der Waals surface area contributed by atoms with Gasteiger partial charge in [-0.2, -0.15) is 0 Å². The molecule has 0 spiro atoms. The molecule has 4 N–H and O–H groups in total. The van der Waals surface area contributed by atoms with Gasteiger partial charge in [0.25, 0.3) is 0 Å². The van der Waals surface area contributed by atoms with Gasteiger partial charge >= 0.3 is 12.0 Å². The molecule has 0 heterocycles. The Morgan fingerprint density at radius 2 is 1.28 bits per heavy atom. The van der Waals surface area contributed by atoms with E-state index >= 15 is 0 Å². The summed E-state index contributed by atoms with van der Waals surface area (Å²) in [5.41, 5.74) is 6.62. The number of esters is 1. The zero-order valence-electron chi connectivity index (χ0n) is 16.4. The number of ketones is 1. The van der Waals surface area contributed by atoms with Gasteiger partial charge in [-0.3, -0.25) is 9.59 Å². The van der Waals surface area contributed by atoms with Crippen LogP contribution in [-0.2, 0) is 9.53 Å². The van der Waals surface area contributed by atoms with Gasteiger partial charge in [-0.1, -0.05) is 13.8 Å². The smallest absolute Gasteiger partial charge is 0.338 e. The third-order valence-electron chi connectivity index (χ3n) is 4.00. The number of amides is 3. The van der Waals surface area contributed by atoms with E-state index in [4.69, 9.17) is 10.5 Å². The van der Waals surface area contributed by atoms with Crippen molar-refractivity contribution in [2.75, 3.05) is 10.6 Å². The number of primary amides is 1. The van der Waals surface area contributed by atoms with Crippen LogP contribution in [0.5, 0.6) is 0 Å². The first-order valence-electron chi connectivity index (χ1n) is 9.00. The molecule has 0 aromatic heterocycles. The van der Waals surface area contributed by atoms with Crippen molar-refractivity contribution >= 4 is 35.1 Å². The minimum absolute atomic E-state index is 0.122. The van der Waals surface area contributed by atoms with Crippen LogP contribution < -0.4 is 16.4 Å². The average Bonchev–Trinajstić information content (AvgIpc) is 2.67. The summed E-state index contributed by atoms with van der Waals surface area (Å²) in [6.07, 6.45) is -0.998. The quantitative estimate of drug-likeness (QED) is 0.488. The maximum absolute atomic E-state index is 12.5. The number of nitrogens with one attached hydrogen (secondary N) is 2. The Morgan fingerprint density at radius 1 is 0.793 bits per heavy atom. The molecule has 0 aliphatic heterocycles. The highest BCUT2D eigenvalue weighted by atomic mass is 16.5. The van der Waals surface area contributed by atoms with Crippen molar-refractivity contribution in [3.05, 3.63) is 59.7 Å². The molecule has 2 rings (SSSR count). The number of anilines is 2. The lowest BCUT2D eigenvalue weighted by Gasteiger charge is -2.13. The fourth-order valence-corrected chi connectivity index (χ4v) is 2.35. The van der Waals surface area contributed by atoms with Crippen molar-refractivity contribution in [1.29, 1.82) is 0 Å². The number of nitrogens with two attached hydrogens (primary N) is 1. The molecular formula is C21H23N3O5. The topological polar surface area (TPSA) is 128 Å². The maximum Gasteiger partial charge on any atom is 0.338 e. The standard InChI is InChI=1S/C21H23N3O5/c1-12(2)19(26)23-16-8-4-14(5-9-16)18(25)13(3)29-20(27)15-6-10-17(11-7-15)24-21(22)28/h4-13H,1-3H3,(H,23,26)(H3,22,24,28). The van der Waals surface area contributed by atoms with Crippen LogP contribution >= 0.6 is 0 Å². The first-order valence-corrected chi connectivity index (χ1v) is 9.00. The van der Waals surface area contributed by atoms with Crippen LogP contribution in [0, 0.1) is 5.92 Å². The molecule has 0 bridgehead atoms. The molecule has 0 aliphatic carbocycles. The minimum Gasteiger partial charge on any atom is -0.451 e. The van der Waals surface area contributed by atoms with E-state index in [1.54, 1.807) is 38.1 Å². The zero-order chi connectivity index (χ0) is 21.6. The van der Waals surface area contributed by atoms with E-state index in [-0.39, 0.29) is 23.2 Å². The van der Waals surface area contributed by atoms with Crippen LogP contribution in [0.3, 0.4) is 0 Å². The minimum atomic E-state index is -0.998. The fourth-order valence-electron chi connectivity index (χ4n) is 2.35. The van der Waals surface area contributed by atoms with Crippen molar-refractivity contribution in [1.82, 2.24) is 0 Å². The Balaban J connectivity index is 1.98. The van der Waals surface area contributed by atoms with Crippen molar-refractivity contribution < 1.29 is 23.9 Å². The van der Waals surface area contributed by atoms with Crippen LogP contribution in [0.1, 0.15) is 41.5 Å². The first-order chi connectivity index (χ1) is 13.7. The van der Waals surface area contributed by atoms with E-state index < -0.39 is 18.1 Å². The highest BCUT2D eigenvalue weighted by Crippen LogP contribution is 2.15. The lowest BCUT2D eigenvalue weighted by Crippen LogP contribution is -2.24. The van der Waals surface area contributed by atoms with Gasteiger partial charge in [0.05, 0.1) is 5.56 Å². The third-order valence-corrected chi connectivity index (χ3v) is 4.00. The molecule has 29 heavy (non-hydrogen) atoms. The second-order valence-corrected chi connectivity index (χ2v) is 6.70. The first kappa shape index (κ1) is 21.6. The number of hydrogen-bond acceptors (Lipinski definition) is 5. The van der Waals surface area contributed by atoms with Gasteiger partial charge in [-0.15, -0.1) is 0 Å². The van der Waals surface area contributed by atoms with Crippen molar-refractivity contribution in [2.45, 2.75) is 26.9 Å². The number of Topliss-reactive ketones (excluding diaryl/α,β-unsaturated/α-hetero) is 1. The van der Waals surface area contributed by atoms with Crippen LogP contribution in [-0.4, -0.2) is 29.8 Å². The molecule has 2 aromatic rings. The predicted octanol–water partition coefficient (Wildman–Crippen LogP) is 3.20. The summed E-state index contributed by atoms with van der Waals surface area (Å²) in [4.78, 5) is 47.2. The SMILES string of the molecule is CC(C)C(=O)Nc1ccc(C(=O)C(C)OC(=O)c2ccc(NC(N)=O)cc2)cc1. The average molecular weight is 397 g/mol. The Bertz CT molecular complexity index is 905. The van der Waals surface area contributed by atoms with Gasteiger partial charge in [-0.25, -0.2) is 9.59 Å². The highest BCUT2D eigenvalue weighted by molar-refractivity contribution is 6.02. The second-order valence-electron chi connectivity index (χ2n) is 6.70. The molecule has 8 heteroatoms. The van der Waals surface area contributed by atoms with Crippen molar-refractivity contribution in [2.24, 2.45) is 11.7 Å². The zero-order valence-corrected chi connectivity index (χ0v) is 16.4. The largest absolute Gasteiger partial charge is 0.451 e. The second kappa shape index (κ2) is 9.50. The molecule has 3 amide bonds. The number of carbonyl (C=O) groups is 4. The van der Waals surface area contributed by atoms with E-state index in [0.717, 1.165) is 0 Å². The van der Waals surface area contributed by atoms with E-state index in [1.165, 1.54) is 31.2 Å². The summed E-state index contributed by atoms with van der Waals surface area (Å²) < 4.78 is 5.23. The van der Waals surface area contributed by atoms with Crippen LogP contribution in [0.2, 0.25) is 0 Å². The fraction of sp³-hybridized carbons (Fsp3) is 0.238. The van der Waals surface area contributed by atoms with E-state index in [1.807, 2.05) is 0 Å². The van der Waals surface area contributed by atoms with Crippen LogP contribution in [0.25, 0.3) is 0 Å². The Morgan fingerprint density at radius 3 is 1.76 bits per heavy atom. The van der Waals surface area contributed by atoms with Gasteiger partial charge in [0.1, 0.15) is 0 Å². The summed E-state index contributed by atoms with van der Waals surface area (Å²) in [6, 6.07) is 11.6. The van der Waals surface area contributed by atoms with Gasteiger partial charge in [0.2, 0.25) is 11.7 Å².